The molecule has 0 saturated carbocycles. The minimum Gasteiger partial charge on any atom is -0.497 e. The average molecular weight is 277 g/mol. The third-order valence-electron chi connectivity index (χ3n) is 2.67. The lowest BCUT2D eigenvalue weighted by Crippen LogP contribution is -2.49. The normalized spacial score (nSPS) is 11.2. The first-order valence-corrected chi connectivity index (χ1v) is 6.12. The summed E-state index contributed by atoms with van der Waals surface area (Å²) in [7, 11) is 2.87. The summed E-state index contributed by atoms with van der Waals surface area (Å²) in [4.78, 5) is 23.2. The fourth-order valence-electron chi connectivity index (χ4n) is 1.54. The highest BCUT2D eigenvalue weighted by atomic mass is 16.5. The molecule has 0 fully saturated rings. The second kappa shape index (κ2) is 6.75. The average Bonchev–Trinajstić information content (AvgIpc) is 2.44. The van der Waals surface area contributed by atoms with Crippen LogP contribution >= 0.6 is 0 Å². The van der Waals surface area contributed by atoms with Gasteiger partial charge in [0.1, 0.15) is 11.3 Å². The molecule has 20 heavy (non-hydrogen) atoms. The Morgan fingerprint density at radius 3 is 2.25 bits per heavy atom. The number of carbonyl (C=O) groups excluding carboxylic acids is 2. The number of rotatable bonds is 5. The zero-order chi connectivity index (χ0) is 15.2. The molecular weight excluding hydrogens is 258 g/mol. The van der Waals surface area contributed by atoms with E-state index in [1.54, 1.807) is 39.2 Å². The minimum atomic E-state index is -1.06. The molecule has 108 valence electrons. The van der Waals surface area contributed by atoms with E-state index < -0.39 is 11.5 Å². The highest BCUT2D eigenvalue weighted by Crippen LogP contribution is 2.12. The summed E-state index contributed by atoms with van der Waals surface area (Å²) in [6.45, 7) is 3.16. The quantitative estimate of drug-likeness (QED) is 0.658. The van der Waals surface area contributed by atoms with Crippen LogP contribution in [0.1, 0.15) is 19.4 Å². The maximum absolute atomic E-state index is 11.7. The van der Waals surface area contributed by atoms with E-state index in [0.29, 0.717) is 0 Å². The second-order valence-electron chi connectivity index (χ2n) is 4.71. The van der Waals surface area contributed by atoms with E-state index >= 15 is 0 Å². The lowest BCUT2D eigenvalue weighted by molar-refractivity contribution is -0.148. The van der Waals surface area contributed by atoms with Crippen LogP contribution in [0.15, 0.2) is 30.3 Å². The summed E-state index contributed by atoms with van der Waals surface area (Å²) in [5.74, 6) is -0.113. The Bertz CT molecular complexity index is 503. The number of methoxy groups -OCH3 is 2. The summed E-state index contributed by atoms with van der Waals surface area (Å²) in [6, 6.07) is 7.26. The first-order valence-electron chi connectivity index (χ1n) is 6.12. The van der Waals surface area contributed by atoms with E-state index in [1.165, 1.54) is 13.2 Å². The molecule has 0 aliphatic heterocycles. The van der Waals surface area contributed by atoms with E-state index in [0.717, 1.165) is 11.3 Å². The molecule has 1 amide bonds. The SMILES string of the molecule is COC(=O)C(C)(C)NC(=O)/C=C/c1ccc(OC)cc1. The fraction of sp³-hybridized carbons (Fsp3) is 0.333. The van der Waals surface area contributed by atoms with Gasteiger partial charge in [0, 0.05) is 6.08 Å². The number of carbonyl (C=O) groups is 2. The molecule has 0 aromatic heterocycles. The lowest BCUT2D eigenvalue weighted by atomic mass is 10.1. The van der Waals surface area contributed by atoms with Crippen LogP contribution in [-0.4, -0.2) is 31.6 Å². The molecular formula is C15H19NO4. The number of ether oxygens (including phenoxy) is 2. The summed E-state index contributed by atoms with van der Waals surface area (Å²) >= 11 is 0. The van der Waals surface area contributed by atoms with Crippen LogP contribution < -0.4 is 10.1 Å². The summed E-state index contributed by atoms with van der Waals surface area (Å²) in [6.07, 6.45) is 3.02. The Morgan fingerprint density at radius 1 is 1.15 bits per heavy atom. The van der Waals surface area contributed by atoms with Gasteiger partial charge in [0.2, 0.25) is 5.91 Å². The molecule has 0 radical (unpaired) electrons. The van der Waals surface area contributed by atoms with E-state index in [2.05, 4.69) is 10.1 Å². The second-order valence-corrected chi connectivity index (χ2v) is 4.71. The molecule has 5 nitrogen and oxygen atoms in total. The van der Waals surface area contributed by atoms with Crippen LogP contribution in [0.3, 0.4) is 0 Å². The van der Waals surface area contributed by atoms with E-state index in [9.17, 15) is 9.59 Å². The molecule has 1 aromatic rings. The molecule has 0 aliphatic rings. The molecule has 0 unspecified atom stereocenters. The van der Waals surface area contributed by atoms with Crippen molar-refractivity contribution in [2.45, 2.75) is 19.4 Å². The Hall–Kier alpha value is -2.30. The third-order valence-corrected chi connectivity index (χ3v) is 2.67. The van der Waals surface area contributed by atoms with Gasteiger partial charge < -0.3 is 14.8 Å². The van der Waals surface area contributed by atoms with Crippen LogP contribution in [0, 0.1) is 0 Å². The molecule has 1 N–H and O–H groups in total. The van der Waals surface area contributed by atoms with Crippen molar-refractivity contribution in [2.75, 3.05) is 14.2 Å². The predicted molar refractivity (Wildman–Crippen MR) is 76.3 cm³/mol. The molecule has 0 bridgehead atoms. The standard InChI is InChI=1S/C15H19NO4/c1-15(2,14(18)20-4)16-13(17)10-7-11-5-8-12(19-3)9-6-11/h5-10H,1-4H3,(H,16,17)/b10-7+. The molecule has 1 rings (SSSR count). The number of nitrogens with one attached hydrogen (secondary N) is 1. The topological polar surface area (TPSA) is 64.6 Å². The maximum Gasteiger partial charge on any atom is 0.330 e. The molecule has 0 saturated heterocycles. The number of hydrogen-bond donors (Lipinski definition) is 1. The van der Waals surface area contributed by atoms with Gasteiger partial charge in [0.05, 0.1) is 14.2 Å². The maximum atomic E-state index is 11.7. The van der Waals surface area contributed by atoms with Crippen molar-refractivity contribution in [1.82, 2.24) is 5.32 Å². The van der Waals surface area contributed by atoms with Crippen LogP contribution in [0.5, 0.6) is 5.75 Å². The van der Waals surface area contributed by atoms with E-state index in [-0.39, 0.29) is 5.91 Å². The van der Waals surface area contributed by atoms with Crippen molar-refractivity contribution in [3.8, 4) is 5.75 Å². The summed E-state index contributed by atoms with van der Waals surface area (Å²) in [5, 5.41) is 2.57. The van der Waals surface area contributed by atoms with Gasteiger partial charge >= 0.3 is 5.97 Å². The largest absolute Gasteiger partial charge is 0.497 e. The third kappa shape index (κ3) is 4.42. The number of hydrogen-bond acceptors (Lipinski definition) is 4. The van der Waals surface area contributed by atoms with Crippen LogP contribution in [-0.2, 0) is 14.3 Å². The number of benzene rings is 1. The first-order chi connectivity index (χ1) is 9.39. The van der Waals surface area contributed by atoms with Gasteiger partial charge in [-0.3, -0.25) is 4.79 Å². The van der Waals surface area contributed by atoms with Gasteiger partial charge in [-0.1, -0.05) is 12.1 Å². The number of amides is 1. The Kier molecular flexibility index (Phi) is 5.32. The fourth-order valence-corrected chi connectivity index (χ4v) is 1.54. The van der Waals surface area contributed by atoms with Gasteiger partial charge in [-0.25, -0.2) is 4.79 Å². The molecule has 0 spiro atoms. The highest BCUT2D eigenvalue weighted by molar-refractivity contribution is 5.95. The molecule has 0 aliphatic carbocycles. The summed E-state index contributed by atoms with van der Waals surface area (Å²) in [5.41, 5.74) is -0.201. The van der Waals surface area contributed by atoms with Crippen molar-refractivity contribution in [3.05, 3.63) is 35.9 Å². The van der Waals surface area contributed by atoms with Crippen molar-refractivity contribution < 1.29 is 19.1 Å². The van der Waals surface area contributed by atoms with E-state index in [1.807, 2.05) is 12.1 Å². The van der Waals surface area contributed by atoms with Gasteiger partial charge in [0.15, 0.2) is 0 Å². The molecule has 0 atom stereocenters. The van der Waals surface area contributed by atoms with Crippen LogP contribution in [0.2, 0.25) is 0 Å². The summed E-state index contributed by atoms with van der Waals surface area (Å²) < 4.78 is 9.66. The Balaban J connectivity index is 2.65. The Morgan fingerprint density at radius 2 is 1.75 bits per heavy atom. The minimum absolute atomic E-state index is 0.365. The van der Waals surface area contributed by atoms with E-state index in [4.69, 9.17) is 4.74 Å². The van der Waals surface area contributed by atoms with Crippen molar-refractivity contribution in [3.63, 3.8) is 0 Å². The number of esters is 1. The molecule has 1 aromatic carbocycles. The molecule has 0 heterocycles. The van der Waals surface area contributed by atoms with Crippen molar-refractivity contribution in [2.24, 2.45) is 0 Å². The Labute approximate surface area is 118 Å². The lowest BCUT2D eigenvalue weighted by Gasteiger charge is -2.22. The van der Waals surface area contributed by atoms with Crippen molar-refractivity contribution in [1.29, 1.82) is 0 Å². The monoisotopic (exact) mass is 277 g/mol. The zero-order valence-electron chi connectivity index (χ0n) is 12.1. The van der Waals surface area contributed by atoms with Crippen molar-refractivity contribution >= 4 is 18.0 Å². The van der Waals surface area contributed by atoms with Crippen LogP contribution in [0.25, 0.3) is 6.08 Å². The predicted octanol–water partition coefficient (Wildman–Crippen LogP) is 1.78. The smallest absolute Gasteiger partial charge is 0.330 e. The first kappa shape index (κ1) is 15.8. The highest BCUT2D eigenvalue weighted by Gasteiger charge is 2.29. The molecule has 5 heteroatoms. The van der Waals surface area contributed by atoms with Gasteiger partial charge in [-0.2, -0.15) is 0 Å². The van der Waals surface area contributed by atoms with Crippen LogP contribution in [0.4, 0.5) is 0 Å². The van der Waals surface area contributed by atoms with Gasteiger partial charge in [-0.15, -0.1) is 0 Å². The van der Waals surface area contributed by atoms with Gasteiger partial charge in [-0.05, 0) is 37.6 Å². The zero-order valence-corrected chi connectivity index (χ0v) is 12.1. The van der Waals surface area contributed by atoms with Gasteiger partial charge in [0.25, 0.3) is 0 Å².